The molecule has 4 nitrogen and oxygen atoms in total. The average Bonchev–Trinajstić information content (AvgIpc) is 3.12. The summed E-state index contributed by atoms with van der Waals surface area (Å²) >= 11 is 0. The van der Waals surface area contributed by atoms with Gasteiger partial charge in [-0.2, -0.15) is 0 Å². The van der Waals surface area contributed by atoms with E-state index in [2.05, 4.69) is 40.7 Å². The molecular weight excluding hydrogens is 298 g/mol. The molecule has 0 aliphatic carbocycles. The zero-order chi connectivity index (χ0) is 16.1. The third-order valence-electron chi connectivity index (χ3n) is 4.60. The number of hydrogen-bond donors (Lipinski definition) is 1. The summed E-state index contributed by atoms with van der Waals surface area (Å²) in [5.74, 6) is -0.0506. The van der Waals surface area contributed by atoms with Gasteiger partial charge in [-0.15, -0.1) is 0 Å². The van der Waals surface area contributed by atoms with Gasteiger partial charge in [0.25, 0.3) is 5.91 Å². The zero-order valence-electron chi connectivity index (χ0n) is 12.9. The van der Waals surface area contributed by atoms with E-state index in [0.717, 1.165) is 22.4 Å². The molecule has 0 saturated carbocycles. The van der Waals surface area contributed by atoms with E-state index in [-0.39, 0.29) is 12.1 Å². The van der Waals surface area contributed by atoms with Gasteiger partial charge in [-0.25, -0.2) is 0 Å². The lowest BCUT2D eigenvalue weighted by Gasteiger charge is -2.43. The summed E-state index contributed by atoms with van der Waals surface area (Å²) in [6.07, 6.45) is 3.91. The predicted octanol–water partition coefficient (Wildman–Crippen LogP) is 3.38. The third kappa shape index (κ3) is 1.77. The monoisotopic (exact) mass is 313 g/mol. The van der Waals surface area contributed by atoms with Gasteiger partial charge in [0, 0.05) is 11.8 Å². The molecule has 3 aromatic rings. The van der Waals surface area contributed by atoms with Crippen molar-refractivity contribution < 1.29 is 4.79 Å². The Bertz CT molecular complexity index is 971. The number of carbonyl (C=O) groups is 1. The first-order valence-electron chi connectivity index (χ1n) is 7.97. The van der Waals surface area contributed by atoms with Gasteiger partial charge in [-0.05, 0) is 29.3 Å². The Labute approximate surface area is 139 Å². The van der Waals surface area contributed by atoms with E-state index >= 15 is 0 Å². The highest BCUT2D eigenvalue weighted by molar-refractivity contribution is 5.98. The number of nitrogens with one attached hydrogen (secondary N) is 1. The molecule has 2 aromatic carbocycles. The molecule has 1 amide bonds. The molecule has 24 heavy (non-hydrogen) atoms. The standard InChI is InChI=1S/C20H15N3O/c24-20-17-11-6-12-22(17)23-18(14-7-2-1-3-8-14)13-15-9-4-5-10-16(15)19(23)21-20/h1-13,19H,(H,21,24)/t19-/m0/s1. The summed E-state index contributed by atoms with van der Waals surface area (Å²) in [6.45, 7) is 0. The van der Waals surface area contributed by atoms with Gasteiger partial charge >= 0.3 is 0 Å². The molecular formula is C20H15N3O. The second kappa shape index (κ2) is 4.86. The van der Waals surface area contributed by atoms with Gasteiger partial charge in [0.15, 0.2) is 0 Å². The van der Waals surface area contributed by atoms with Crippen molar-refractivity contribution in [2.45, 2.75) is 6.17 Å². The molecule has 3 heterocycles. The van der Waals surface area contributed by atoms with Crippen LogP contribution in [0.15, 0.2) is 72.9 Å². The molecule has 1 atom stereocenters. The van der Waals surface area contributed by atoms with Gasteiger partial charge in [0.05, 0.1) is 5.70 Å². The van der Waals surface area contributed by atoms with E-state index in [0.29, 0.717) is 5.69 Å². The van der Waals surface area contributed by atoms with Gasteiger partial charge in [0.1, 0.15) is 11.9 Å². The minimum Gasteiger partial charge on any atom is -0.325 e. The molecule has 4 heteroatoms. The molecule has 5 rings (SSSR count). The van der Waals surface area contributed by atoms with Gasteiger partial charge < -0.3 is 5.32 Å². The number of hydrogen-bond acceptors (Lipinski definition) is 2. The Morgan fingerprint density at radius 1 is 0.875 bits per heavy atom. The van der Waals surface area contributed by atoms with Gasteiger partial charge in [-0.1, -0.05) is 54.6 Å². The number of amides is 1. The lowest BCUT2D eigenvalue weighted by atomic mass is 9.96. The normalized spacial score (nSPS) is 18.2. The van der Waals surface area contributed by atoms with Crippen molar-refractivity contribution in [2.24, 2.45) is 0 Å². The number of benzene rings is 2. The van der Waals surface area contributed by atoms with Gasteiger partial charge in [-0.3, -0.25) is 14.5 Å². The lowest BCUT2D eigenvalue weighted by Crippen LogP contribution is -2.53. The fraction of sp³-hybridized carbons (Fsp3) is 0.0500. The summed E-state index contributed by atoms with van der Waals surface area (Å²) in [7, 11) is 0. The predicted molar refractivity (Wildman–Crippen MR) is 93.6 cm³/mol. The summed E-state index contributed by atoms with van der Waals surface area (Å²) in [6, 6.07) is 22.2. The van der Waals surface area contributed by atoms with Crippen molar-refractivity contribution in [2.75, 3.05) is 5.01 Å². The number of carbonyl (C=O) groups excluding carboxylic acids is 1. The van der Waals surface area contributed by atoms with Crippen LogP contribution in [-0.4, -0.2) is 10.6 Å². The van der Waals surface area contributed by atoms with Crippen molar-refractivity contribution in [3.63, 3.8) is 0 Å². The van der Waals surface area contributed by atoms with Crippen molar-refractivity contribution in [3.05, 3.63) is 95.3 Å². The molecule has 1 aromatic heterocycles. The number of nitrogens with zero attached hydrogens (tertiary/aromatic N) is 2. The SMILES string of the molecule is O=C1N[C@@H]2c3ccccc3C=C(c3ccccc3)N2n2cccc21. The molecule has 0 unspecified atom stereocenters. The molecule has 0 bridgehead atoms. The van der Waals surface area contributed by atoms with E-state index in [4.69, 9.17) is 0 Å². The summed E-state index contributed by atoms with van der Waals surface area (Å²) in [5, 5.41) is 5.29. The number of rotatable bonds is 1. The van der Waals surface area contributed by atoms with E-state index in [1.807, 2.05) is 53.3 Å². The van der Waals surface area contributed by atoms with E-state index in [1.54, 1.807) is 0 Å². The Hall–Kier alpha value is -3.27. The minimum atomic E-state index is -0.214. The Balaban J connectivity index is 1.79. The van der Waals surface area contributed by atoms with Crippen LogP contribution in [0.5, 0.6) is 0 Å². The van der Waals surface area contributed by atoms with Crippen molar-refractivity contribution in [3.8, 4) is 0 Å². The Morgan fingerprint density at radius 2 is 1.67 bits per heavy atom. The third-order valence-corrected chi connectivity index (χ3v) is 4.60. The molecule has 1 N–H and O–H groups in total. The second-order valence-corrected chi connectivity index (χ2v) is 5.98. The number of fused-ring (bicyclic) bond motifs is 5. The van der Waals surface area contributed by atoms with Crippen LogP contribution in [0.4, 0.5) is 0 Å². The first-order chi connectivity index (χ1) is 11.8. The smallest absolute Gasteiger partial charge is 0.271 e. The van der Waals surface area contributed by atoms with E-state index in [9.17, 15) is 4.79 Å². The van der Waals surface area contributed by atoms with Crippen molar-refractivity contribution in [1.82, 2.24) is 9.99 Å². The van der Waals surface area contributed by atoms with Crippen LogP contribution < -0.4 is 10.3 Å². The maximum absolute atomic E-state index is 12.5. The van der Waals surface area contributed by atoms with Crippen molar-refractivity contribution >= 4 is 17.7 Å². The molecule has 0 radical (unpaired) electrons. The largest absolute Gasteiger partial charge is 0.325 e. The summed E-state index contributed by atoms with van der Waals surface area (Å²) < 4.78 is 1.94. The van der Waals surface area contributed by atoms with Crippen LogP contribution >= 0.6 is 0 Å². The maximum atomic E-state index is 12.5. The van der Waals surface area contributed by atoms with Crippen LogP contribution in [0.25, 0.3) is 11.8 Å². The fourth-order valence-electron chi connectivity index (χ4n) is 3.52. The molecule has 2 aliphatic rings. The molecule has 0 saturated heterocycles. The quantitative estimate of drug-likeness (QED) is 0.748. The highest BCUT2D eigenvalue weighted by Crippen LogP contribution is 2.38. The first-order valence-corrected chi connectivity index (χ1v) is 7.97. The Kier molecular flexibility index (Phi) is 2.67. The summed E-state index contributed by atoms with van der Waals surface area (Å²) in [5.41, 5.74) is 5.07. The first kappa shape index (κ1) is 13.2. The average molecular weight is 313 g/mol. The topological polar surface area (TPSA) is 37.3 Å². The maximum Gasteiger partial charge on any atom is 0.271 e. The summed E-state index contributed by atoms with van der Waals surface area (Å²) in [4.78, 5) is 12.5. The second-order valence-electron chi connectivity index (χ2n) is 5.98. The zero-order valence-corrected chi connectivity index (χ0v) is 12.9. The number of aromatic nitrogens is 1. The molecule has 116 valence electrons. The molecule has 0 fully saturated rings. The molecule has 0 spiro atoms. The minimum absolute atomic E-state index is 0.0506. The highest BCUT2D eigenvalue weighted by atomic mass is 16.2. The van der Waals surface area contributed by atoms with Gasteiger partial charge in [0.2, 0.25) is 0 Å². The van der Waals surface area contributed by atoms with Crippen LogP contribution in [0.2, 0.25) is 0 Å². The molecule has 2 aliphatic heterocycles. The van der Waals surface area contributed by atoms with Crippen LogP contribution in [-0.2, 0) is 0 Å². The van der Waals surface area contributed by atoms with Crippen molar-refractivity contribution in [1.29, 1.82) is 0 Å². The van der Waals surface area contributed by atoms with Crippen LogP contribution in [0.3, 0.4) is 0 Å². The highest BCUT2D eigenvalue weighted by Gasteiger charge is 2.37. The Morgan fingerprint density at radius 3 is 2.54 bits per heavy atom. The fourth-order valence-corrected chi connectivity index (χ4v) is 3.52. The lowest BCUT2D eigenvalue weighted by molar-refractivity contribution is 0.0902. The van der Waals surface area contributed by atoms with E-state index in [1.165, 1.54) is 0 Å². The van der Waals surface area contributed by atoms with E-state index < -0.39 is 0 Å². The van der Waals surface area contributed by atoms with Crippen LogP contribution in [0, 0.1) is 0 Å². The van der Waals surface area contributed by atoms with Crippen LogP contribution in [0.1, 0.15) is 33.3 Å².